The first-order valence-corrected chi connectivity index (χ1v) is 10.9. The van der Waals surface area contributed by atoms with E-state index in [1.54, 1.807) is 35.4 Å². The maximum absolute atomic E-state index is 13.2. The Hall–Kier alpha value is -3.52. The van der Waals surface area contributed by atoms with Crippen molar-refractivity contribution in [1.29, 1.82) is 0 Å². The van der Waals surface area contributed by atoms with Gasteiger partial charge in [0.2, 0.25) is 0 Å². The fourth-order valence-electron chi connectivity index (χ4n) is 5.13. The van der Waals surface area contributed by atoms with Crippen molar-refractivity contribution in [3.63, 3.8) is 0 Å². The number of aliphatic hydroxyl groups is 1. The van der Waals surface area contributed by atoms with Crippen LogP contribution in [0.5, 0.6) is 5.75 Å². The summed E-state index contributed by atoms with van der Waals surface area (Å²) in [4.78, 5) is 23.7. The zero-order chi connectivity index (χ0) is 21.7. The summed E-state index contributed by atoms with van der Waals surface area (Å²) in [6.45, 7) is 1.29. The lowest BCUT2D eigenvalue weighted by Crippen LogP contribution is -2.42. The highest BCUT2D eigenvalue weighted by molar-refractivity contribution is 5.99. The molecular weight excluding hydrogens is 406 g/mol. The molecule has 3 aromatic heterocycles. The van der Waals surface area contributed by atoms with Crippen LogP contribution in [0.4, 0.5) is 0 Å². The highest BCUT2D eigenvalue weighted by atomic mass is 16.5. The first-order chi connectivity index (χ1) is 15.7. The van der Waals surface area contributed by atoms with Crippen LogP contribution in [0.25, 0.3) is 16.6 Å². The van der Waals surface area contributed by atoms with Crippen molar-refractivity contribution in [3.8, 4) is 5.75 Å². The maximum Gasteiger partial charge on any atom is 0.259 e. The maximum atomic E-state index is 13.2. The number of hydrogen-bond donors (Lipinski definition) is 1. The number of benzene rings is 1. The fraction of sp³-hybridized carbons (Fsp3) is 0.333. The second-order valence-electron chi connectivity index (χ2n) is 8.73. The lowest BCUT2D eigenvalue weighted by molar-refractivity contribution is -0.0231. The second-order valence-corrected chi connectivity index (χ2v) is 8.73. The van der Waals surface area contributed by atoms with E-state index < -0.39 is 6.10 Å². The number of amides is 1. The lowest BCUT2D eigenvalue weighted by Gasteiger charge is -2.35. The number of fused-ring (bicyclic) bond motifs is 3. The molecule has 0 unspecified atom stereocenters. The summed E-state index contributed by atoms with van der Waals surface area (Å²) in [5, 5.41) is 16.1. The van der Waals surface area contributed by atoms with E-state index in [-0.39, 0.29) is 17.9 Å². The molecule has 1 aliphatic carbocycles. The highest BCUT2D eigenvalue weighted by Crippen LogP contribution is 2.38. The van der Waals surface area contributed by atoms with Crippen molar-refractivity contribution >= 4 is 22.5 Å². The van der Waals surface area contributed by atoms with Crippen LogP contribution < -0.4 is 4.74 Å². The number of hydrogen-bond acceptors (Lipinski definition) is 6. The molecule has 4 heterocycles. The third-order valence-corrected chi connectivity index (χ3v) is 6.75. The van der Waals surface area contributed by atoms with Crippen molar-refractivity contribution in [2.24, 2.45) is 11.8 Å². The molecule has 1 saturated carbocycles. The normalized spacial score (nSPS) is 25.2. The SMILES string of the molecule is O=C(c1cnn2cccnc12)N1C[C@H]2C[C@@H](Oc3ccc4cccnc4c3)[C@H](O)C[C@H]2C1. The van der Waals surface area contributed by atoms with Gasteiger partial charge in [-0.05, 0) is 48.9 Å². The average Bonchev–Trinajstić information content (AvgIpc) is 3.43. The molecule has 1 amide bonds. The van der Waals surface area contributed by atoms with Crippen molar-refractivity contribution < 1.29 is 14.6 Å². The van der Waals surface area contributed by atoms with Crippen LogP contribution in [0.15, 0.2) is 61.2 Å². The molecule has 8 nitrogen and oxygen atoms in total. The largest absolute Gasteiger partial charge is 0.488 e. The van der Waals surface area contributed by atoms with Crippen LogP contribution in [0.1, 0.15) is 23.2 Å². The number of carbonyl (C=O) groups excluding carboxylic acids is 1. The van der Waals surface area contributed by atoms with E-state index in [0.717, 1.165) is 10.9 Å². The van der Waals surface area contributed by atoms with E-state index in [4.69, 9.17) is 4.74 Å². The van der Waals surface area contributed by atoms with Gasteiger partial charge in [-0.15, -0.1) is 0 Å². The van der Waals surface area contributed by atoms with Crippen LogP contribution in [-0.2, 0) is 0 Å². The topological polar surface area (TPSA) is 92.9 Å². The Bertz CT molecular complexity index is 1310. The molecule has 0 radical (unpaired) electrons. The predicted octanol–water partition coefficient (Wildman–Crippen LogP) is 2.57. The van der Waals surface area contributed by atoms with E-state index in [9.17, 15) is 9.90 Å². The minimum absolute atomic E-state index is 0.0549. The van der Waals surface area contributed by atoms with Crippen LogP contribution in [0.3, 0.4) is 0 Å². The average molecular weight is 429 g/mol. The van der Waals surface area contributed by atoms with Crippen molar-refractivity contribution in [2.75, 3.05) is 13.1 Å². The van der Waals surface area contributed by atoms with Crippen LogP contribution in [0.2, 0.25) is 0 Å². The van der Waals surface area contributed by atoms with Gasteiger partial charge in [0.15, 0.2) is 5.65 Å². The summed E-state index contributed by atoms with van der Waals surface area (Å²) in [6.07, 6.45) is 7.26. The molecule has 8 heteroatoms. The summed E-state index contributed by atoms with van der Waals surface area (Å²) in [7, 11) is 0. The first kappa shape index (κ1) is 19.2. The van der Waals surface area contributed by atoms with Crippen LogP contribution in [0, 0.1) is 11.8 Å². The zero-order valence-electron chi connectivity index (χ0n) is 17.4. The number of carbonyl (C=O) groups is 1. The Morgan fingerprint density at radius 3 is 2.81 bits per heavy atom. The molecule has 1 N–H and O–H groups in total. The highest BCUT2D eigenvalue weighted by Gasteiger charge is 2.44. The van der Waals surface area contributed by atoms with Gasteiger partial charge in [-0.2, -0.15) is 5.10 Å². The number of ether oxygens (including phenoxy) is 1. The third-order valence-electron chi connectivity index (χ3n) is 6.75. The van der Waals surface area contributed by atoms with Gasteiger partial charge in [0, 0.05) is 43.1 Å². The minimum Gasteiger partial charge on any atom is -0.488 e. The van der Waals surface area contributed by atoms with Gasteiger partial charge in [0.05, 0.1) is 17.8 Å². The monoisotopic (exact) mass is 429 g/mol. The fourth-order valence-corrected chi connectivity index (χ4v) is 5.13. The van der Waals surface area contributed by atoms with Gasteiger partial charge < -0.3 is 14.7 Å². The van der Waals surface area contributed by atoms with E-state index in [1.807, 2.05) is 35.2 Å². The standard InChI is InChI=1S/C24H23N5O3/c30-21-9-16-13-28(24(31)19-12-27-29-8-2-7-26-23(19)29)14-17(16)10-22(21)32-18-5-4-15-3-1-6-25-20(15)11-18/h1-8,11-12,16-17,21-22,30H,9-10,13-14H2/t16-,17+,21+,22+/m0/s1. The summed E-state index contributed by atoms with van der Waals surface area (Å²) >= 11 is 0. The molecular formula is C24H23N5O3. The molecule has 1 aromatic carbocycles. The summed E-state index contributed by atoms with van der Waals surface area (Å²) in [5.41, 5.74) is 1.95. The molecule has 162 valence electrons. The summed E-state index contributed by atoms with van der Waals surface area (Å²) in [6, 6.07) is 11.5. The van der Waals surface area contributed by atoms with Gasteiger partial charge >= 0.3 is 0 Å². The molecule has 2 fully saturated rings. The first-order valence-electron chi connectivity index (χ1n) is 10.9. The summed E-state index contributed by atoms with van der Waals surface area (Å²) < 4.78 is 7.81. The van der Waals surface area contributed by atoms with Gasteiger partial charge in [0.25, 0.3) is 5.91 Å². The number of pyridine rings is 1. The molecule has 32 heavy (non-hydrogen) atoms. The predicted molar refractivity (Wildman–Crippen MR) is 117 cm³/mol. The lowest BCUT2D eigenvalue weighted by atomic mass is 9.78. The van der Waals surface area contributed by atoms with E-state index in [1.165, 1.54) is 0 Å². The second kappa shape index (κ2) is 7.56. The molecule has 2 aliphatic rings. The molecule has 4 aromatic rings. The van der Waals surface area contributed by atoms with Crippen LogP contribution in [-0.4, -0.2) is 60.8 Å². The quantitative estimate of drug-likeness (QED) is 0.538. The van der Waals surface area contributed by atoms with Crippen molar-refractivity contribution in [2.45, 2.75) is 25.0 Å². The van der Waals surface area contributed by atoms with E-state index in [0.29, 0.717) is 48.8 Å². The van der Waals surface area contributed by atoms with E-state index >= 15 is 0 Å². The molecule has 4 atom stereocenters. The van der Waals surface area contributed by atoms with Crippen molar-refractivity contribution in [1.82, 2.24) is 24.5 Å². The minimum atomic E-state index is -0.565. The molecule has 0 bridgehead atoms. The molecule has 1 aliphatic heterocycles. The van der Waals surface area contributed by atoms with Gasteiger partial charge in [-0.3, -0.25) is 9.78 Å². The Morgan fingerprint density at radius 2 is 1.91 bits per heavy atom. The smallest absolute Gasteiger partial charge is 0.259 e. The number of aliphatic hydroxyl groups excluding tert-OH is 1. The molecule has 1 saturated heterocycles. The van der Waals surface area contributed by atoms with Gasteiger partial charge in [-0.1, -0.05) is 6.07 Å². The molecule has 0 spiro atoms. The Labute approximate surface area is 184 Å². The number of likely N-dealkylation sites (tertiary alicyclic amines) is 1. The number of nitrogens with zero attached hydrogens (tertiary/aromatic N) is 5. The third kappa shape index (κ3) is 3.27. The zero-order valence-corrected chi connectivity index (χ0v) is 17.4. The van der Waals surface area contributed by atoms with Gasteiger partial charge in [-0.25, -0.2) is 9.50 Å². The number of aromatic nitrogens is 4. The Kier molecular flexibility index (Phi) is 4.53. The number of rotatable bonds is 3. The Balaban J connectivity index is 1.17. The Morgan fingerprint density at radius 1 is 1.06 bits per heavy atom. The molecule has 6 rings (SSSR count). The van der Waals surface area contributed by atoms with Gasteiger partial charge in [0.1, 0.15) is 17.4 Å². The van der Waals surface area contributed by atoms with Crippen molar-refractivity contribution in [3.05, 3.63) is 66.7 Å². The van der Waals surface area contributed by atoms with E-state index in [2.05, 4.69) is 15.1 Å². The van der Waals surface area contributed by atoms with Crippen LogP contribution >= 0.6 is 0 Å². The summed E-state index contributed by atoms with van der Waals surface area (Å²) in [5.74, 6) is 1.21.